The van der Waals surface area contributed by atoms with Gasteiger partial charge in [0.15, 0.2) is 0 Å². The number of hydrogen-bond donors (Lipinski definition) is 2. The monoisotopic (exact) mass is 282 g/mol. The number of nitrogens with two attached hydrogens (primary N) is 1. The van der Waals surface area contributed by atoms with Gasteiger partial charge >= 0.3 is 5.63 Å². The smallest absolute Gasteiger partial charge is 0.345 e. The lowest BCUT2D eigenvalue weighted by molar-refractivity contribution is 0.415. The third-order valence-electron chi connectivity index (χ3n) is 3.20. The van der Waals surface area contributed by atoms with Crippen LogP contribution in [0, 0.1) is 0 Å². The van der Waals surface area contributed by atoms with E-state index >= 15 is 0 Å². The molecule has 0 saturated heterocycles. The first-order valence-electron chi connectivity index (χ1n) is 6.41. The first kappa shape index (κ1) is 13.1. The molecule has 0 aliphatic carbocycles. The van der Waals surface area contributed by atoms with Crippen LogP contribution in [0.15, 0.2) is 57.7 Å². The molecule has 0 radical (unpaired) electrons. The third-order valence-corrected chi connectivity index (χ3v) is 3.20. The fourth-order valence-corrected chi connectivity index (χ4v) is 2.19. The van der Waals surface area contributed by atoms with E-state index in [-0.39, 0.29) is 5.88 Å². The van der Waals surface area contributed by atoms with Gasteiger partial charge in [-0.25, -0.2) is 4.79 Å². The molecule has 3 aromatic rings. The van der Waals surface area contributed by atoms with Crippen LogP contribution in [0.25, 0.3) is 10.8 Å². The van der Waals surface area contributed by atoms with Crippen LogP contribution < -0.4 is 21.4 Å². The van der Waals surface area contributed by atoms with E-state index in [0.29, 0.717) is 16.5 Å². The molecule has 106 valence electrons. The summed E-state index contributed by atoms with van der Waals surface area (Å²) >= 11 is 0. The molecule has 0 aliphatic heterocycles. The zero-order valence-corrected chi connectivity index (χ0v) is 11.4. The molecule has 0 bridgehead atoms. The average molecular weight is 282 g/mol. The second-order valence-electron chi connectivity index (χ2n) is 4.53. The van der Waals surface area contributed by atoms with Gasteiger partial charge in [-0.2, -0.15) is 0 Å². The van der Waals surface area contributed by atoms with Crippen molar-refractivity contribution in [3.8, 4) is 5.75 Å². The van der Waals surface area contributed by atoms with E-state index in [2.05, 4.69) is 5.32 Å². The Bertz CT molecular complexity index is 856. The Kier molecular flexibility index (Phi) is 3.23. The summed E-state index contributed by atoms with van der Waals surface area (Å²) in [5.41, 5.74) is 6.76. The van der Waals surface area contributed by atoms with Crippen molar-refractivity contribution in [1.29, 1.82) is 0 Å². The van der Waals surface area contributed by atoms with E-state index in [0.717, 1.165) is 11.4 Å². The summed E-state index contributed by atoms with van der Waals surface area (Å²) in [7, 11) is 1.60. The fourth-order valence-electron chi connectivity index (χ4n) is 2.19. The molecular formula is C16H14N2O3. The summed E-state index contributed by atoms with van der Waals surface area (Å²) in [5.74, 6) is 0.779. The van der Waals surface area contributed by atoms with Crippen LogP contribution in [-0.4, -0.2) is 7.11 Å². The van der Waals surface area contributed by atoms with E-state index in [1.807, 2.05) is 36.4 Å². The summed E-state index contributed by atoms with van der Waals surface area (Å²) in [5, 5.41) is 4.38. The van der Waals surface area contributed by atoms with Gasteiger partial charge in [-0.15, -0.1) is 0 Å². The van der Waals surface area contributed by atoms with Crippen LogP contribution in [0.3, 0.4) is 0 Å². The van der Waals surface area contributed by atoms with Gasteiger partial charge < -0.3 is 20.2 Å². The summed E-state index contributed by atoms with van der Waals surface area (Å²) in [6.45, 7) is 0. The third kappa shape index (κ3) is 2.41. The van der Waals surface area contributed by atoms with Gasteiger partial charge in [0.25, 0.3) is 0 Å². The second kappa shape index (κ2) is 5.20. The molecule has 0 fully saturated rings. The van der Waals surface area contributed by atoms with Gasteiger partial charge in [0.05, 0.1) is 12.5 Å². The van der Waals surface area contributed by atoms with Crippen molar-refractivity contribution in [2.45, 2.75) is 0 Å². The van der Waals surface area contributed by atoms with Gasteiger partial charge in [-0.3, -0.25) is 0 Å². The molecule has 0 spiro atoms. The predicted molar refractivity (Wildman–Crippen MR) is 83.2 cm³/mol. The maximum absolute atomic E-state index is 11.8. The summed E-state index contributed by atoms with van der Waals surface area (Å²) < 4.78 is 10.3. The average Bonchev–Trinajstić information content (AvgIpc) is 2.51. The van der Waals surface area contributed by atoms with Gasteiger partial charge in [-0.1, -0.05) is 24.3 Å². The van der Waals surface area contributed by atoms with Gasteiger partial charge in [0.2, 0.25) is 5.88 Å². The molecular weight excluding hydrogens is 268 g/mol. The van der Waals surface area contributed by atoms with Crippen molar-refractivity contribution in [3.63, 3.8) is 0 Å². The number of anilines is 3. The van der Waals surface area contributed by atoms with Crippen LogP contribution in [0.4, 0.5) is 17.3 Å². The quantitative estimate of drug-likeness (QED) is 0.771. The Balaban J connectivity index is 2.14. The molecule has 5 nitrogen and oxygen atoms in total. The predicted octanol–water partition coefficient (Wildman–Crippen LogP) is 3.13. The van der Waals surface area contributed by atoms with E-state index in [1.54, 1.807) is 19.2 Å². The number of methoxy groups -OCH3 is 1. The summed E-state index contributed by atoms with van der Waals surface area (Å²) in [6.07, 6.45) is 0. The minimum atomic E-state index is -0.445. The highest BCUT2D eigenvalue weighted by atomic mass is 16.5. The van der Waals surface area contributed by atoms with Crippen LogP contribution >= 0.6 is 0 Å². The number of benzene rings is 2. The number of rotatable bonds is 3. The minimum absolute atomic E-state index is 0.0570. The van der Waals surface area contributed by atoms with E-state index in [4.69, 9.17) is 14.9 Å². The number of ether oxygens (including phenoxy) is 1. The Morgan fingerprint density at radius 3 is 2.62 bits per heavy atom. The first-order chi connectivity index (χ1) is 10.2. The molecule has 0 unspecified atom stereocenters. The molecule has 1 aromatic heterocycles. The molecule has 21 heavy (non-hydrogen) atoms. The first-order valence-corrected chi connectivity index (χ1v) is 6.41. The lowest BCUT2D eigenvalue weighted by atomic mass is 10.1. The van der Waals surface area contributed by atoms with Crippen LogP contribution in [-0.2, 0) is 0 Å². The Labute approximate surface area is 121 Å². The molecule has 3 N–H and O–H groups in total. The molecule has 3 rings (SSSR count). The standard InChI is InChI=1S/C16H14N2O3/c1-20-11-6-4-5-10(9-11)18-14-12-7-2-3-8-13(12)16(19)21-15(14)17/h2-9,18H,17H2,1H3. The number of nitrogens with one attached hydrogen (secondary N) is 1. The Morgan fingerprint density at radius 1 is 1.10 bits per heavy atom. The number of fused-ring (bicyclic) bond motifs is 1. The minimum Gasteiger partial charge on any atom is -0.497 e. The SMILES string of the molecule is COc1cccc(Nc2c(N)oc(=O)c3ccccc23)c1. The topological polar surface area (TPSA) is 77.5 Å². The van der Waals surface area contributed by atoms with Crippen LogP contribution in [0.2, 0.25) is 0 Å². The highest BCUT2D eigenvalue weighted by Gasteiger charge is 2.11. The zero-order valence-electron chi connectivity index (χ0n) is 11.4. The summed E-state index contributed by atoms with van der Waals surface area (Å²) in [6, 6.07) is 14.6. The van der Waals surface area contributed by atoms with Gasteiger partial charge in [-0.05, 0) is 18.2 Å². The Morgan fingerprint density at radius 2 is 1.86 bits per heavy atom. The van der Waals surface area contributed by atoms with Crippen molar-refractivity contribution in [2.24, 2.45) is 0 Å². The van der Waals surface area contributed by atoms with Crippen molar-refractivity contribution in [3.05, 3.63) is 59.0 Å². The molecule has 0 atom stereocenters. The zero-order chi connectivity index (χ0) is 14.8. The molecule has 0 aliphatic rings. The second-order valence-corrected chi connectivity index (χ2v) is 4.53. The maximum atomic E-state index is 11.8. The molecule has 0 amide bonds. The molecule has 2 aromatic carbocycles. The number of nitrogen functional groups attached to an aromatic ring is 1. The van der Waals surface area contributed by atoms with E-state index in [1.165, 1.54) is 0 Å². The lowest BCUT2D eigenvalue weighted by Gasteiger charge is -2.11. The lowest BCUT2D eigenvalue weighted by Crippen LogP contribution is -2.06. The Hall–Kier alpha value is -2.95. The highest BCUT2D eigenvalue weighted by molar-refractivity contribution is 5.98. The van der Waals surface area contributed by atoms with Crippen LogP contribution in [0.1, 0.15) is 0 Å². The van der Waals surface area contributed by atoms with E-state index in [9.17, 15) is 4.79 Å². The normalized spacial score (nSPS) is 10.5. The fraction of sp³-hybridized carbons (Fsp3) is 0.0625. The molecule has 1 heterocycles. The molecule has 5 heteroatoms. The summed E-state index contributed by atoms with van der Waals surface area (Å²) in [4.78, 5) is 11.8. The van der Waals surface area contributed by atoms with Crippen molar-refractivity contribution in [1.82, 2.24) is 0 Å². The van der Waals surface area contributed by atoms with Crippen molar-refractivity contribution < 1.29 is 9.15 Å². The van der Waals surface area contributed by atoms with Crippen molar-refractivity contribution in [2.75, 3.05) is 18.2 Å². The van der Waals surface area contributed by atoms with E-state index < -0.39 is 5.63 Å². The van der Waals surface area contributed by atoms with Gasteiger partial charge in [0.1, 0.15) is 11.4 Å². The van der Waals surface area contributed by atoms with Crippen LogP contribution in [0.5, 0.6) is 5.75 Å². The van der Waals surface area contributed by atoms with Gasteiger partial charge in [0, 0.05) is 17.1 Å². The highest BCUT2D eigenvalue weighted by Crippen LogP contribution is 2.30. The maximum Gasteiger partial charge on any atom is 0.345 e. The largest absolute Gasteiger partial charge is 0.497 e. The van der Waals surface area contributed by atoms with Crippen molar-refractivity contribution >= 4 is 28.0 Å². The molecule has 0 saturated carbocycles. The number of hydrogen-bond acceptors (Lipinski definition) is 5.